The van der Waals surface area contributed by atoms with Crippen LogP contribution in [0.1, 0.15) is 27.0 Å². The van der Waals surface area contributed by atoms with Gasteiger partial charge in [0.2, 0.25) is 0 Å². The highest BCUT2D eigenvalue weighted by molar-refractivity contribution is 9.10. The number of ketones is 1. The van der Waals surface area contributed by atoms with Gasteiger partial charge in [0.1, 0.15) is 5.82 Å². The highest BCUT2D eigenvalue weighted by atomic mass is 79.9. The van der Waals surface area contributed by atoms with Crippen molar-refractivity contribution in [3.05, 3.63) is 67.9 Å². The van der Waals surface area contributed by atoms with Gasteiger partial charge in [-0.25, -0.2) is 4.39 Å². The lowest BCUT2D eigenvalue weighted by atomic mass is 10.0. The maximum absolute atomic E-state index is 13.3. The van der Waals surface area contributed by atoms with Gasteiger partial charge in [0, 0.05) is 15.6 Å². The van der Waals surface area contributed by atoms with Gasteiger partial charge in [-0.05, 0) is 43.2 Å². The standard InChI is InChI=1S/C15H11BrClFO/c1-8-3-4-10(6-12(8)16)15(19)11-5-9(2)14(18)7-13(11)17/h3-7H,1-2H3. The van der Waals surface area contributed by atoms with Gasteiger partial charge in [-0.15, -0.1) is 0 Å². The van der Waals surface area contributed by atoms with Crippen LogP contribution in [0, 0.1) is 19.7 Å². The molecule has 0 unspecified atom stereocenters. The Labute approximate surface area is 124 Å². The Kier molecular flexibility index (Phi) is 4.07. The van der Waals surface area contributed by atoms with Crippen molar-refractivity contribution in [1.29, 1.82) is 0 Å². The molecule has 0 aliphatic carbocycles. The number of halogens is 3. The topological polar surface area (TPSA) is 17.1 Å². The molecule has 0 fully saturated rings. The Balaban J connectivity index is 2.49. The molecule has 0 saturated carbocycles. The molecule has 19 heavy (non-hydrogen) atoms. The van der Waals surface area contributed by atoms with E-state index in [0.29, 0.717) is 16.7 Å². The van der Waals surface area contributed by atoms with Crippen molar-refractivity contribution < 1.29 is 9.18 Å². The summed E-state index contributed by atoms with van der Waals surface area (Å²) in [5, 5.41) is 0.129. The summed E-state index contributed by atoms with van der Waals surface area (Å²) in [6.45, 7) is 3.54. The van der Waals surface area contributed by atoms with E-state index in [0.717, 1.165) is 10.0 Å². The Morgan fingerprint density at radius 3 is 2.47 bits per heavy atom. The third-order valence-corrected chi connectivity index (χ3v) is 4.09. The van der Waals surface area contributed by atoms with Crippen LogP contribution in [-0.4, -0.2) is 5.78 Å². The van der Waals surface area contributed by atoms with Crippen molar-refractivity contribution >= 4 is 33.3 Å². The first-order valence-electron chi connectivity index (χ1n) is 5.66. The summed E-state index contributed by atoms with van der Waals surface area (Å²) < 4.78 is 14.2. The molecule has 0 N–H and O–H groups in total. The summed E-state index contributed by atoms with van der Waals surface area (Å²) in [6, 6.07) is 7.98. The lowest BCUT2D eigenvalue weighted by Gasteiger charge is -2.07. The zero-order chi connectivity index (χ0) is 14.2. The maximum Gasteiger partial charge on any atom is 0.194 e. The fraction of sp³-hybridized carbons (Fsp3) is 0.133. The van der Waals surface area contributed by atoms with E-state index in [9.17, 15) is 9.18 Å². The second-order valence-electron chi connectivity index (χ2n) is 4.37. The molecule has 4 heteroatoms. The number of aryl methyl sites for hydroxylation is 2. The highest BCUT2D eigenvalue weighted by Gasteiger charge is 2.15. The Hall–Kier alpha value is -1.19. The molecule has 2 aromatic rings. The molecule has 0 saturated heterocycles. The minimum absolute atomic E-state index is 0.129. The molecule has 0 atom stereocenters. The Morgan fingerprint density at radius 1 is 1.16 bits per heavy atom. The molecule has 2 rings (SSSR count). The molecule has 0 amide bonds. The predicted octanol–water partition coefficient (Wildman–Crippen LogP) is 5.09. The van der Waals surface area contributed by atoms with Crippen molar-refractivity contribution in [2.24, 2.45) is 0 Å². The maximum atomic E-state index is 13.3. The van der Waals surface area contributed by atoms with E-state index >= 15 is 0 Å². The van der Waals surface area contributed by atoms with Crippen molar-refractivity contribution in [1.82, 2.24) is 0 Å². The average Bonchev–Trinajstić information content (AvgIpc) is 2.36. The smallest absolute Gasteiger partial charge is 0.194 e. The summed E-state index contributed by atoms with van der Waals surface area (Å²) in [5.41, 5.74) is 2.28. The van der Waals surface area contributed by atoms with Gasteiger partial charge in [0.15, 0.2) is 5.78 Å². The van der Waals surface area contributed by atoms with E-state index in [-0.39, 0.29) is 10.8 Å². The number of carbonyl (C=O) groups excluding carboxylic acids is 1. The molecule has 0 spiro atoms. The average molecular weight is 342 g/mol. The minimum atomic E-state index is -0.411. The molecular formula is C15H11BrClFO. The first kappa shape index (κ1) is 14.2. The summed E-state index contributed by atoms with van der Waals surface area (Å²) in [5.74, 6) is -0.625. The molecule has 0 radical (unpaired) electrons. The molecule has 98 valence electrons. The number of hydrogen-bond acceptors (Lipinski definition) is 1. The van der Waals surface area contributed by atoms with Gasteiger partial charge in [0.25, 0.3) is 0 Å². The van der Waals surface area contributed by atoms with Crippen LogP contribution in [0.4, 0.5) is 4.39 Å². The third kappa shape index (κ3) is 2.88. The Bertz CT molecular complexity index is 667. The van der Waals surface area contributed by atoms with E-state index in [2.05, 4.69) is 15.9 Å². The molecule has 0 heterocycles. The summed E-state index contributed by atoms with van der Waals surface area (Å²) >= 11 is 9.33. The monoisotopic (exact) mass is 340 g/mol. The largest absolute Gasteiger partial charge is 0.289 e. The van der Waals surface area contributed by atoms with Gasteiger partial charge in [-0.3, -0.25) is 4.79 Å². The Morgan fingerprint density at radius 2 is 1.84 bits per heavy atom. The fourth-order valence-electron chi connectivity index (χ4n) is 1.72. The van der Waals surface area contributed by atoms with Crippen LogP contribution in [0.5, 0.6) is 0 Å². The number of hydrogen-bond donors (Lipinski definition) is 0. The van der Waals surface area contributed by atoms with Gasteiger partial charge in [0.05, 0.1) is 5.02 Å². The first-order chi connectivity index (χ1) is 8.90. The number of benzene rings is 2. The lowest BCUT2D eigenvalue weighted by molar-refractivity contribution is 0.103. The summed E-state index contributed by atoms with van der Waals surface area (Å²) in [7, 11) is 0. The van der Waals surface area contributed by atoms with E-state index < -0.39 is 5.82 Å². The number of carbonyl (C=O) groups is 1. The summed E-state index contributed by atoms with van der Waals surface area (Å²) in [4.78, 5) is 12.4. The van der Waals surface area contributed by atoms with Crippen LogP contribution < -0.4 is 0 Å². The van der Waals surface area contributed by atoms with Gasteiger partial charge >= 0.3 is 0 Å². The van der Waals surface area contributed by atoms with Crippen molar-refractivity contribution in [2.45, 2.75) is 13.8 Å². The fourth-order valence-corrected chi connectivity index (χ4v) is 2.34. The molecule has 0 bridgehead atoms. The van der Waals surface area contributed by atoms with E-state index in [4.69, 9.17) is 11.6 Å². The van der Waals surface area contributed by atoms with Crippen molar-refractivity contribution in [2.75, 3.05) is 0 Å². The molecule has 0 aliphatic heterocycles. The normalized spacial score (nSPS) is 10.6. The summed E-state index contributed by atoms with van der Waals surface area (Å²) in [6.07, 6.45) is 0. The van der Waals surface area contributed by atoms with E-state index in [1.807, 2.05) is 13.0 Å². The van der Waals surface area contributed by atoms with Crippen LogP contribution in [-0.2, 0) is 0 Å². The van der Waals surface area contributed by atoms with Crippen LogP contribution in [0.15, 0.2) is 34.8 Å². The van der Waals surface area contributed by atoms with Gasteiger partial charge < -0.3 is 0 Å². The zero-order valence-electron chi connectivity index (χ0n) is 10.4. The molecular weight excluding hydrogens is 331 g/mol. The second kappa shape index (κ2) is 5.43. The molecule has 1 nitrogen and oxygen atoms in total. The van der Waals surface area contributed by atoms with E-state index in [1.165, 1.54) is 12.1 Å². The predicted molar refractivity (Wildman–Crippen MR) is 78.5 cm³/mol. The zero-order valence-corrected chi connectivity index (χ0v) is 12.8. The lowest BCUT2D eigenvalue weighted by Crippen LogP contribution is -2.04. The first-order valence-corrected chi connectivity index (χ1v) is 6.83. The van der Waals surface area contributed by atoms with Crippen molar-refractivity contribution in [3.63, 3.8) is 0 Å². The van der Waals surface area contributed by atoms with Crippen LogP contribution in [0.25, 0.3) is 0 Å². The van der Waals surface area contributed by atoms with Crippen LogP contribution in [0.2, 0.25) is 5.02 Å². The van der Waals surface area contributed by atoms with Crippen LogP contribution >= 0.6 is 27.5 Å². The third-order valence-electron chi connectivity index (χ3n) is 2.93. The SMILES string of the molecule is Cc1cc(C(=O)c2ccc(C)c(Br)c2)c(Cl)cc1F. The highest BCUT2D eigenvalue weighted by Crippen LogP contribution is 2.25. The molecule has 2 aromatic carbocycles. The minimum Gasteiger partial charge on any atom is -0.289 e. The molecule has 0 aliphatic rings. The van der Waals surface area contributed by atoms with Gasteiger partial charge in [-0.1, -0.05) is 39.7 Å². The second-order valence-corrected chi connectivity index (χ2v) is 5.64. The quantitative estimate of drug-likeness (QED) is 0.695. The van der Waals surface area contributed by atoms with Gasteiger partial charge in [-0.2, -0.15) is 0 Å². The number of rotatable bonds is 2. The van der Waals surface area contributed by atoms with Crippen molar-refractivity contribution in [3.8, 4) is 0 Å². The van der Waals surface area contributed by atoms with E-state index in [1.54, 1.807) is 19.1 Å². The van der Waals surface area contributed by atoms with Crippen LogP contribution in [0.3, 0.4) is 0 Å². The molecule has 0 aromatic heterocycles.